The van der Waals surface area contributed by atoms with Gasteiger partial charge >= 0.3 is 0 Å². The van der Waals surface area contributed by atoms with Gasteiger partial charge in [-0.1, -0.05) is 6.07 Å². The number of aromatic nitrogens is 1. The predicted octanol–water partition coefficient (Wildman–Crippen LogP) is 3.53. The Morgan fingerprint density at radius 1 is 1.21 bits per heavy atom. The first-order valence-electron chi connectivity index (χ1n) is 7.66. The summed E-state index contributed by atoms with van der Waals surface area (Å²) >= 11 is 3.44. The fourth-order valence-electron chi connectivity index (χ4n) is 2.23. The lowest BCUT2D eigenvalue weighted by atomic mass is 10.2. The van der Waals surface area contributed by atoms with Crippen LogP contribution in [-0.2, 0) is 16.1 Å². The van der Waals surface area contributed by atoms with Gasteiger partial charge in [0.25, 0.3) is 0 Å². The van der Waals surface area contributed by atoms with Crippen molar-refractivity contribution in [1.82, 2.24) is 9.88 Å². The molecular formula is C18H20BrN3O2. The summed E-state index contributed by atoms with van der Waals surface area (Å²) in [5.41, 5.74) is 2.83. The molecule has 0 saturated carbocycles. The lowest BCUT2D eigenvalue weighted by Gasteiger charge is -2.21. The number of nitrogens with zero attached hydrogens (tertiary/aromatic N) is 2. The second kappa shape index (κ2) is 8.59. The van der Waals surface area contributed by atoms with Crippen LogP contribution < -0.4 is 5.32 Å². The summed E-state index contributed by atoms with van der Waals surface area (Å²) in [5, 5.41) is 2.86. The second-order valence-corrected chi connectivity index (χ2v) is 6.43. The van der Waals surface area contributed by atoms with Crippen molar-refractivity contribution in [3.05, 3.63) is 58.3 Å². The van der Waals surface area contributed by atoms with Gasteiger partial charge in [0.15, 0.2) is 0 Å². The Morgan fingerprint density at radius 2 is 1.92 bits per heavy atom. The minimum Gasteiger partial charge on any atom is -0.338 e. The standard InChI is InChI=1S/C18H20BrN3O2/c1-13-3-4-17(16(19)11-13)21-18(24)7-10-22(14(2)23)12-15-5-8-20-9-6-15/h3-6,8-9,11H,7,10,12H2,1-2H3,(H,21,24). The number of hydrogen-bond acceptors (Lipinski definition) is 3. The number of amides is 2. The van der Waals surface area contributed by atoms with Crippen LogP contribution >= 0.6 is 15.9 Å². The maximum absolute atomic E-state index is 12.1. The van der Waals surface area contributed by atoms with E-state index in [1.54, 1.807) is 17.3 Å². The summed E-state index contributed by atoms with van der Waals surface area (Å²) in [5.74, 6) is -0.184. The maximum Gasteiger partial charge on any atom is 0.226 e. The number of carbonyl (C=O) groups excluding carboxylic acids is 2. The van der Waals surface area contributed by atoms with E-state index in [0.717, 1.165) is 21.3 Å². The Hall–Kier alpha value is -2.21. The first-order chi connectivity index (χ1) is 11.5. The molecule has 2 aromatic rings. The zero-order chi connectivity index (χ0) is 17.5. The van der Waals surface area contributed by atoms with E-state index in [4.69, 9.17) is 0 Å². The van der Waals surface area contributed by atoms with Crippen LogP contribution in [0.3, 0.4) is 0 Å². The SMILES string of the molecule is CC(=O)N(CCC(=O)Nc1ccc(C)cc1Br)Cc1ccncc1. The van der Waals surface area contributed by atoms with Gasteiger partial charge in [0.1, 0.15) is 0 Å². The fourth-order valence-corrected chi connectivity index (χ4v) is 2.82. The quantitative estimate of drug-likeness (QED) is 0.821. The zero-order valence-electron chi connectivity index (χ0n) is 13.8. The molecule has 0 fully saturated rings. The van der Waals surface area contributed by atoms with Crippen LogP contribution in [-0.4, -0.2) is 28.2 Å². The molecule has 0 bridgehead atoms. The number of benzene rings is 1. The molecule has 24 heavy (non-hydrogen) atoms. The third-order valence-electron chi connectivity index (χ3n) is 3.58. The van der Waals surface area contributed by atoms with Crippen LogP contribution in [0.4, 0.5) is 5.69 Å². The summed E-state index contributed by atoms with van der Waals surface area (Å²) in [6, 6.07) is 9.46. The molecule has 2 amide bonds. The molecule has 6 heteroatoms. The number of carbonyl (C=O) groups is 2. The third kappa shape index (κ3) is 5.45. The predicted molar refractivity (Wildman–Crippen MR) is 97.5 cm³/mol. The van der Waals surface area contributed by atoms with E-state index < -0.39 is 0 Å². The molecule has 1 heterocycles. The Balaban J connectivity index is 1.91. The molecular weight excluding hydrogens is 370 g/mol. The first-order valence-corrected chi connectivity index (χ1v) is 8.45. The number of rotatable bonds is 6. The number of halogens is 1. The van der Waals surface area contributed by atoms with Crippen LogP contribution in [0.5, 0.6) is 0 Å². The topological polar surface area (TPSA) is 62.3 Å². The highest BCUT2D eigenvalue weighted by Gasteiger charge is 2.12. The molecule has 1 aromatic heterocycles. The lowest BCUT2D eigenvalue weighted by Crippen LogP contribution is -2.31. The molecule has 0 spiro atoms. The highest BCUT2D eigenvalue weighted by Crippen LogP contribution is 2.23. The van der Waals surface area contributed by atoms with Gasteiger partial charge in [-0.3, -0.25) is 14.6 Å². The van der Waals surface area contributed by atoms with Gasteiger partial charge in [0, 0.05) is 43.3 Å². The first kappa shape index (κ1) is 18.1. The molecule has 0 aliphatic heterocycles. The van der Waals surface area contributed by atoms with Crippen molar-refractivity contribution in [2.45, 2.75) is 26.8 Å². The zero-order valence-corrected chi connectivity index (χ0v) is 15.3. The Bertz CT molecular complexity index is 719. The van der Waals surface area contributed by atoms with Crippen molar-refractivity contribution in [2.24, 2.45) is 0 Å². The van der Waals surface area contributed by atoms with Gasteiger partial charge in [-0.15, -0.1) is 0 Å². The lowest BCUT2D eigenvalue weighted by molar-refractivity contribution is -0.129. The van der Waals surface area contributed by atoms with Crippen molar-refractivity contribution in [3.63, 3.8) is 0 Å². The van der Waals surface area contributed by atoms with E-state index in [0.29, 0.717) is 13.1 Å². The molecule has 0 aliphatic carbocycles. The molecule has 0 atom stereocenters. The van der Waals surface area contributed by atoms with Crippen molar-refractivity contribution < 1.29 is 9.59 Å². The average Bonchev–Trinajstić information content (AvgIpc) is 2.55. The monoisotopic (exact) mass is 389 g/mol. The molecule has 1 aromatic carbocycles. The third-order valence-corrected chi connectivity index (χ3v) is 4.23. The Morgan fingerprint density at radius 3 is 2.54 bits per heavy atom. The van der Waals surface area contributed by atoms with Gasteiger partial charge < -0.3 is 10.2 Å². The van der Waals surface area contributed by atoms with Crippen molar-refractivity contribution in [2.75, 3.05) is 11.9 Å². The molecule has 2 rings (SSSR count). The van der Waals surface area contributed by atoms with E-state index >= 15 is 0 Å². The average molecular weight is 390 g/mol. The van der Waals surface area contributed by atoms with Crippen molar-refractivity contribution in [1.29, 1.82) is 0 Å². The van der Waals surface area contributed by atoms with Crippen molar-refractivity contribution >= 4 is 33.4 Å². The van der Waals surface area contributed by atoms with Gasteiger partial charge in [-0.05, 0) is 58.2 Å². The Kier molecular flexibility index (Phi) is 6.49. The van der Waals surface area contributed by atoms with E-state index in [1.807, 2.05) is 37.3 Å². The van der Waals surface area contributed by atoms with Gasteiger partial charge in [0.2, 0.25) is 11.8 Å². The summed E-state index contributed by atoms with van der Waals surface area (Å²) in [7, 11) is 0. The maximum atomic E-state index is 12.1. The second-order valence-electron chi connectivity index (χ2n) is 5.58. The van der Waals surface area contributed by atoms with Gasteiger partial charge in [0.05, 0.1) is 5.69 Å². The Labute approximate surface area is 150 Å². The van der Waals surface area contributed by atoms with Crippen LogP contribution in [0.2, 0.25) is 0 Å². The number of nitrogens with one attached hydrogen (secondary N) is 1. The van der Waals surface area contributed by atoms with E-state index in [-0.39, 0.29) is 18.2 Å². The normalized spacial score (nSPS) is 10.3. The molecule has 0 aliphatic rings. The van der Waals surface area contributed by atoms with E-state index in [2.05, 4.69) is 26.2 Å². The number of hydrogen-bond donors (Lipinski definition) is 1. The van der Waals surface area contributed by atoms with E-state index in [9.17, 15) is 9.59 Å². The van der Waals surface area contributed by atoms with Crippen LogP contribution in [0.15, 0.2) is 47.2 Å². The fraction of sp³-hybridized carbons (Fsp3) is 0.278. The molecule has 5 nitrogen and oxygen atoms in total. The highest BCUT2D eigenvalue weighted by atomic mass is 79.9. The van der Waals surface area contributed by atoms with Gasteiger partial charge in [-0.25, -0.2) is 0 Å². The van der Waals surface area contributed by atoms with Gasteiger partial charge in [-0.2, -0.15) is 0 Å². The van der Waals surface area contributed by atoms with Crippen LogP contribution in [0, 0.1) is 6.92 Å². The minimum absolute atomic E-state index is 0.0591. The summed E-state index contributed by atoms with van der Waals surface area (Å²) in [6.07, 6.45) is 3.62. The largest absolute Gasteiger partial charge is 0.338 e. The molecule has 1 N–H and O–H groups in total. The number of aryl methyl sites for hydroxylation is 1. The van der Waals surface area contributed by atoms with Crippen LogP contribution in [0.25, 0.3) is 0 Å². The number of anilines is 1. The molecule has 0 radical (unpaired) electrons. The number of pyridine rings is 1. The smallest absolute Gasteiger partial charge is 0.226 e. The highest BCUT2D eigenvalue weighted by molar-refractivity contribution is 9.10. The summed E-state index contributed by atoms with van der Waals surface area (Å²) in [6.45, 7) is 4.34. The summed E-state index contributed by atoms with van der Waals surface area (Å²) < 4.78 is 0.844. The minimum atomic E-state index is -0.125. The molecule has 0 saturated heterocycles. The van der Waals surface area contributed by atoms with Crippen molar-refractivity contribution in [3.8, 4) is 0 Å². The molecule has 126 valence electrons. The van der Waals surface area contributed by atoms with Crippen LogP contribution in [0.1, 0.15) is 24.5 Å². The summed E-state index contributed by atoms with van der Waals surface area (Å²) in [4.78, 5) is 29.5. The molecule has 0 unspecified atom stereocenters. The van der Waals surface area contributed by atoms with E-state index in [1.165, 1.54) is 6.92 Å².